The molecule has 2 N–H and O–H groups in total. The molecule has 0 radical (unpaired) electrons. The molecule has 64 heavy (non-hydrogen) atoms. The molecule has 1 amide bonds. The van der Waals surface area contributed by atoms with Gasteiger partial charge in [0.15, 0.2) is 0 Å². The molecule has 0 aromatic carbocycles. The third-order valence-corrected chi connectivity index (χ3v) is 12.0. The van der Waals surface area contributed by atoms with E-state index in [-0.39, 0.29) is 12.5 Å². The van der Waals surface area contributed by atoms with E-state index in [0.717, 1.165) is 77.0 Å². The Bertz CT molecular complexity index is 1310. The minimum absolute atomic E-state index is 0.00881. The van der Waals surface area contributed by atoms with Crippen LogP contribution in [0.4, 0.5) is 0 Å². The third kappa shape index (κ3) is 47.6. The predicted molar refractivity (Wildman–Crippen MR) is 274 cm³/mol. The van der Waals surface area contributed by atoms with Crippen molar-refractivity contribution in [1.82, 2.24) is 5.32 Å². The van der Waals surface area contributed by atoms with E-state index in [1.807, 2.05) is 27.2 Å². The van der Waals surface area contributed by atoms with Crippen molar-refractivity contribution in [2.75, 3.05) is 40.9 Å². The Morgan fingerprint density at radius 2 is 0.969 bits per heavy atom. The Balaban J connectivity index is 3.88. The summed E-state index contributed by atoms with van der Waals surface area (Å²) in [5.74, 6) is -0.213. The molecule has 0 bridgehead atoms. The Kier molecular flexibility index (Phi) is 44.2. The number of hydrogen-bond donors (Lipinski definition) is 2. The molecule has 0 aliphatic carbocycles. The highest BCUT2D eigenvalue weighted by Gasteiger charge is 2.23. The number of aliphatic hydroxyl groups is 1. The second-order valence-corrected chi connectivity index (χ2v) is 19.9. The molecule has 0 spiro atoms. The molecular formula is C55H99N2O6P. The monoisotopic (exact) mass is 915 g/mol. The number of allylic oxidation sites excluding steroid dienone is 13. The number of quaternary nitrogens is 1. The lowest BCUT2D eigenvalue weighted by Gasteiger charge is -2.29. The first kappa shape index (κ1) is 61.7. The Hall–Kier alpha value is -2.32. The van der Waals surface area contributed by atoms with Gasteiger partial charge in [-0.25, -0.2) is 0 Å². The van der Waals surface area contributed by atoms with E-state index in [9.17, 15) is 19.4 Å². The summed E-state index contributed by atoms with van der Waals surface area (Å²) in [7, 11) is 1.23. The van der Waals surface area contributed by atoms with Gasteiger partial charge < -0.3 is 28.8 Å². The summed E-state index contributed by atoms with van der Waals surface area (Å²) in [6.45, 7) is 4.39. The summed E-state index contributed by atoms with van der Waals surface area (Å²) >= 11 is 0. The summed E-state index contributed by atoms with van der Waals surface area (Å²) in [6.07, 6.45) is 64.2. The Labute approximate surface area is 395 Å². The summed E-state index contributed by atoms with van der Waals surface area (Å²) in [5.41, 5.74) is 0. The quantitative estimate of drug-likeness (QED) is 0.0273. The predicted octanol–water partition coefficient (Wildman–Crippen LogP) is 14.7. The largest absolute Gasteiger partial charge is 0.756 e. The van der Waals surface area contributed by atoms with Crippen LogP contribution < -0.4 is 10.2 Å². The van der Waals surface area contributed by atoms with Gasteiger partial charge in [-0.1, -0.05) is 214 Å². The fourth-order valence-electron chi connectivity index (χ4n) is 7.03. The second kappa shape index (κ2) is 45.8. The maximum atomic E-state index is 12.8. The number of phosphoric ester groups is 1. The maximum Gasteiger partial charge on any atom is 0.268 e. The molecule has 0 aromatic heterocycles. The lowest BCUT2D eigenvalue weighted by Crippen LogP contribution is -2.45. The van der Waals surface area contributed by atoms with Crippen molar-refractivity contribution < 1.29 is 32.9 Å². The number of rotatable bonds is 46. The first-order valence-electron chi connectivity index (χ1n) is 25.9. The van der Waals surface area contributed by atoms with Crippen LogP contribution in [0.2, 0.25) is 0 Å². The van der Waals surface area contributed by atoms with Crippen molar-refractivity contribution in [2.24, 2.45) is 0 Å². The molecule has 370 valence electrons. The normalized spacial score (nSPS) is 14.8. The highest BCUT2D eigenvalue weighted by Crippen LogP contribution is 2.38. The van der Waals surface area contributed by atoms with Gasteiger partial charge in [0.05, 0.1) is 39.9 Å². The van der Waals surface area contributed by atoms with Gasteiger partial charge in [-0.2, -0.15) is 0 Å². The van der Waals surface area contributed by atoms with Gasteiger partial charge in [-0.05, 0) is 70.6 Å². The number of unbranched alkanes of at least 4 members (excludes halogenated alkanes) is 21. The first-order valence-corrected chi connectivity index (χ1v) is 27.4. The number of hydrogen-bond acceptors (Lipinski definition) is 6. The number of amides is 1. The average Bonchev–Trinajstić information content (AvgIpc) is 3.25. The third-order valence-electron chi connectivity index (χ3n) is 11.1. The van der Waals surface area contributed by atoms with Crippen molar-refractivity contribution in [3.05, 3.63) is 85.1 Å². The zero-order chi connectivity index (χ0) is 47.1. The van der Waals surface area contributed by atoms with Crippen LogP contribution in [-0.4, -0.2) is 68.5 Å². The molecule has 8 nitrogen and oxygen atoms in total. The number of phosphoric acid groups is 1. The molecule has 0 saturated carbocycles. The zero-order valence-electron chi connectivity index (χ0n) is 42.0. The van der Waals surface area contributed by atoms with Gasteiger partial charge in [-0.15, -0.1) is 0 Å². The standard InChI is InChI=1S/C55H99N2O6P/c1-6-8-10-12-14-15-16-17-18-19-20-21-22-23-24-25-26-27-28-29-30-31-32-33-34-35-36-37-38-39-40-41-43-45-47-49-55(59)56-53(54(58)48-46-44-42-13-11-9-7-2)52-63-64(60,61)62-51-50-57(3,4)5/h8,10-11,13-15,17-18,20-21,23-24,46,48,53-54,58H,6-7,9,12,16,19,22,25-45,47,49-52H2,1-5H3,(H-,56,59,60,61)/b10-8-,13-11+,15-14-,18-17-,21-20-,24-23-,48-46+. The molecule has 0 fully saturated rings. The van der Waals surface area contributed by atoms with Crippen LogP contribution in [0.25, 0.3) is 0 Å². The van der Waals surface area contributed by atoms with Crippen molar-refractivity contribution in [3.63, 3.8) is 0 Å². The van der Waals surface area contributed by atoms with Gasteiger partial charge in [0.2, 0.25) is 5.91 Å². The number of nitrogens with zero attached hydrogens (tertiary/aromatic N) is 1. The van der Waals surface area contributed by atoms with Crippen LogP contribution in [0.15, 0.2) is 85.1 Å². The molecule has 0 aromatic rings. The molecule has 0 saturated heterocycles. The van der Waals surface area contributed by atoms with E-state index in [1.165, 1.54) is 109 Å². The summed E-state index contributed by atoms with van der Waals surface area (Å²) in [5, 5.41) is 13.6. The summed E-state index contributed by atoms with van der Waals surface area (Å²) in [4.78, 5) is 25.2. The topological polar surface area (TPSA) is 108 Å². The number of carbonyl (C=O) groups is 1. The number of carbonyl (C=O) groups excluding carboxylic acids is 1. The van der Waals surface area contributed by atoms with Crippen molar-refractivity contribution in [1.29, 1.82) is 0 Å². The van der Waals surface area contributed by atoms with Crippen molar-refractivity contribution >= 4 is 13.7 Å². The van der Waals surface area contributed by atoms with Crippen molar-refractivity contribution in [2.45, 2.75) is 219 Å². The number of aliphatic hydroxyl groups excluding tert-OH is 1. The molecule has 0 aliphatic rings. The van der Waals surface area contributed by atoms with Crippen LogP contribution in [0, 0.1) is 0 Å². The van der Waals surface area contributed by atoms with Gasteiger partial charge in [0.25, 0.3) is 7.82 Å². The zero-order valence-corrected chi connectivity index (χ0v) is 42.8. The van der Waals surface area contributed by atoms with Gasteiger partial charge in [0.1, 0.15) is 13.2 Å². The van der Waals surface area contributed by atoms with Gasteiger partial charge in [0, 0.05) is 6.42 Å². The van der Waals surface area contributed by atoms with Gasteiger partial charge in [-0.3, -0.25) is 9.36 Å². The van der Waals surface area contributed by atoms with Crippen LogP contribution >= 0.6 is 7.82 Å². The molecule has 3 atom stereocenters. The molecule has 9 heteroatoms. The van der Waals surface area contributed by atoms with E-state index in [1.54, 1.807) is 6.08 Å². The minimum atomic E-state index is -4.59. The highest BCUT2D eigenvalue weighted by molar-refractivity contribution is 7.45. The molecular weight excluding hydrogens is 816 g/mol. The van der Waals surface area contributed by atoms with Crippen LogP contribution in [-0.2, 0) is 18.4 Å². The molecule has 0 aliphatic heterocycles. The Morgan fingerprint density at radius 1 is 0.562 bits per heavy atom. The fourth-order valence-corrected chi connectivity index (χ4v) is 7.75. The fraction of sp³-hybridized carbons (Fsp3) is 0.727. The average molecular weight is 915 g/mol. The molecule has 3 unspecified atom stereocenters. The lowest BCUT2D eigenvalue weighted by molar-refractivity contribution is -0.870. The van der Waals surface area contributed by atoms with E-state index < -0.39 is 26.6 Å². The second-order valence-electron chi connectivity index (χ2n) is 18.5. The first-order chi connectivity index (χ1) is 31.0. The van der Waals surface area contributed by atoms with E-state index >= 15 is 0 Å². The summed E-state index contributed by atoms with van der Waals surface area (Å²) < 4.78 is 23.1. The van der Waals surface area contributed by atoms with Gasteiger partial charge >= 0.3 is 0 Å². The van der Waals surface area contributed by atoms with Crippen LogP contribution in [0.3, 0.4) is 0 Å². The number of nitrogens with one attached hydrogen (secondary N) is 1. The van der Waals surface area contributed by atoms with E-state index in [0.29, 0.717) is 17.4 Å². The van der Waals surface area contributed by atoms with Crippen molar-refractivity contribution in [3.8, 4) is 0 Å². The smallest absolute Gasteiger partial charge is 0.268 e. The Morgan fingerprint density at radius 3 is 1.44 bits per heavy atom. The van der Waals surface area contributed by atoms with Crippen LogP contribution in [0.5, 0.6) is 0 Å². The number of likely N-dealkylation sites (N-methyl/N-ethyl adjacent to an activating group) is 1. The highest BCUT2D eigenvalue weighted by atomic mass is 31.2. The van der Waals surface area contributed by atoms with E-state index in [4.69, 9.17) is 9.05 Å². The summed E-state index contributed by atoms with van der Waals surface area (Å²) in [6, 6.07) is -0.902. The molecule has 0 rings (SSSR count). The lowest BCUT2D eigenvalue weighted by atomic mass is 10.0. The SMILES string of the molecule is CC/C=C\C/C=C\C/C=C\C/C=C\C/C=C\CCCCCCCCCCCCCCCCCCCCCC(=O)NC(COP(=O)([O-])OCC[N+](C)(C)C)C(O)/C=C/CC/C=C/CCC. The van der Waals surface area contributed by atoms with Crippen LogP contribution in [0.1, 0.15) is 206 Å². The maximum absolute atomic E-state index is 12.8. The minimum Gasteiger partial charge on any atom is -0.756 e. The molecule has 0 heterocycles. The van der Waals surface area contributed by atoms with E-state index in [2.05, 4.69) is 92.1 Å².